The predicted octanol–water partition coefficient (Wildman–Crippen LogP) is 5.10. The van der Waals surface area contributed by atoms with Crippen LogP contribution in [0.2, 0.25) is 0 Å². The molecule has 5 rings (SSSR count). The highest BCUT2D eigenvalue weighted by molar-refractivity contribution is 5.91. The van der Waals surface area contributed by atoms with Crippen LogP contribution < -0.4 is 20.3 Å². The fourth-order valence-corrected chi connectivity index (χ4v) is 5.70. The van der Waals surface area contributed by atoms with Gasteiger partial charge in [0.1, 0.15) is 11.6 Å². The highest BCUT2D eigenvalue weighted by atomic mass is 16.5. The number of methoxy groups -OCH3 is 1. The molecule has 0 aliphatic heterocycles. The molecule has 180 valence electrons. The molecule has 0 radical (unpaired) electrons. The van der Waals surface area contributed by atoms with E-state index in [0.29, 0.717) is 12.1 Å². The average Bonchev–Trinajstić information content (AvgIpc) is 2.90. The molecule has 0 spiro atoms. The summed E-state index contributed by atoms with van der Waals surface area (Å²) in [6.07, 6.45) is 9.31. The van der Waals surface area contributed by atoms with Crippen LogP contribution in [-0.4, -0.2) is 43.3 Å². The lowest BCUT2D eigenvalue weighted by Crippen LogP contribution is -2.41. The van der Waals surface area contributed by atoms with Crippen molar-refractivity contribution in [2.45, 2.75) is 70.0 Å². The molecular formula is C28H37N5O. The van der Waals surface area contributed by atoms with Gasteiger partial charge in [0.15, 0.2) is 0 Å². The van der Waals surface area contributed by atoms with E-state index in [1.54, 1.807) is 7.11 Å². The topological polar surface area (TPSA) is 62.3 Å². The molecule has 0 unspecified atom stereocenters. The van der Waals surface area contributed by atoms with E-state index in [0.717, 1.165) is 49.7 Å². The van der Waals surface area contributed by atoms with Crippen LogP contribution in [0.3, 0.4) is 0 Å². The Morgan fingerprint density at radius 1 is 0.971 bits per heavy atom. The first kappa shape index (κ1) is 22.9. The van der Waals surface area contributed by atoms with Gasteiger partial charge in [0.2, 0.25) is 5.95 Å². The zero-order valence-corrected chi connectivity index (χ0v) is 20.7. The van der Waals surface area contributed by atoms with Gasteiger partial charge in [-0.3, -0.25) is 0 Å². The molecule has 1 fully saturated rings. The van der Waals surface area contributed by atoms with Crippen molar-refractivity contribution in [3.05, 3.63) is 53.2 Å². The largest absolute Gasteiger partial charge is 0.496 e. The van der Waals surface area contributed by atoms with Gasteiger partial charge in [-0.05, 0) is 68.4 Å². The van der Waals surface area contributed by atoms with Crippen LogP contribution in [0.25, 0.3) is 10.8 Å². The van der Waals surface area contributed by atoms with E-state index < -0.39 is 0 Å². The van der Waals surface area contributed by atoms with Crippen molar-refractivity contribution in [3.63, 3.8) is 0 Å². The molecule has 2 aromatic carbocycles. The Labute approximate surface area is 203 Å². The van der Waals surface area contributed by atoms with Crippen molar-refractivity contribution < 1.29 is 4.74 Å². The lowest BCUT2D eigenvalue weighted by molar-refractivity contribution is 0.334. The molecule has 34 heavy (non-hydrogen) atoms. The molecule has 0 atom stereocenters. The molecule has 3 aromatic rings. The van der Waals surface area contributed by atoms with Crippen LogP contribution in [0.15, 0.2) is 36.4 Å². The van der Waals surface area contributed by atoms with Crippen LogP contribution in [0.4, 0.5) is 11.8 Å². The van der Waals surface area contributed by atoms with Crippen LogP contribution >= 0.6 is 0 Å². The minimum atomic E-state index is 0.492. The van der Waals surface area contributed by atoms with Crippen LogP contribution in [0, 0.1) is 0 Å². The summed E-state index contributed by atoms with van der Waals surface area (Å²) in [6.45, 7) is 0.884. The zero-order chi connectivity index (χ0) is 23.5. The van der Waals surface area contributed by atoms with Crippen LogP contribution in [0.5, 0.6) is 5.75 Å². The molecule has 2 aliphatic carbocycles. The predicted molar refractivity (Wildman–Crippen MR) is 140 cm³/mol. The molecule has 0 bridgehead atoms. The van der Waals surface area contributed by atoms with Gasteiger partial charge in [-0.25, -0.2) is 4.98 Å². The first-order valence-corrected chi connectivity index (χ1v) is 12.8. The van der Waals surface area contributed by atoms with Gasteiger partial charge in [-0.15, -0.1) is 0 Å². The van der Waals surface area contributed by atoms with Crippen LogP contribution in [0.1, 0.15) is 55.3 Å². The lowest BCUT2D eigenvalue weighted by atomic mass is 9.90. The quantitative estimate of drug-likeness (QED) is 0.513. The number of anilines is 2. The Bertz CT molecular complexity index is 1120. The highest BCUT2D eigenvalue weighted by Gasteiger charge is 2.27. The Hall–Kier alpha value is -2.86. The summed E-state index contributed by atoms with van der Waals surface area (Å²) in [7, 11) is 5.89. The number of aromatic nitrogens is 2. The number of aryl methyl sites for hydroxylation is 1. The van der Waals surface area contributed by atoms with Crippen molar-refractivity contribution in [1.82, 2.24) is 15.3 Å². The van der Waals surface area contributed by atoms with Crippen molar-refractivity contribution in [3.8, 4) is 5.75 Å². The van der Waals surface area contributed by atoms with Gasteiger partial charge in [-0.1, -0.05) is 30.3 Å². The monoisotopic (exact) mass is 459 g/mol. The maximum absolute atomic E-state index is 5.55. The third-order valence-electron chi connectivity index (χ3n) is 7.74. The van der Waals surface area contributed by atoms with Crippen molar-refractivity contribution >= 4 is 22.5 Å². The number of ether oxygens (including phenoxy) is 1. The second kappa shape index (κ2) is 10.2. The van der Waals surface area contributed by atoms with Crippen LogP contribution in [-0.2, 0) is 19.4 Å². The van der Waals surface area contributed by atoms with Crippen molar-refractivity contribution in [1.29, 1.82) is 0 Å². The van der Waals surface area contributed by atoms with E-state index >= 15 is 0 Å². The number of nitrogens with zero attached hydrogens (tertiary/aromatic N) is 3. The summed E-state index contributed by atoms with van der Waals surface area (Å²) < 4.78 is 5.55. The maximum Gasteiger partial charge on any atom is 0.227 e. The molecule has 1 aromatic heterocycles. The minimum Gasteiger partial charge on any atom is -0.496 e. The van der Waals surface area contributed by atoms with Gasteiger partial charge in [0, 0.05) is 43.7 Å². The Kier molecular flexibility index (Phi) is 6.86. The third kappa shape index (κ3) is 4.56. The second-order valence-corrected chi connectivity index (χ2v) is 9.72. The van der Waals surface area contributed by atoms with E-state index in [-0.39, 0.29) is 0 Å². The van der Waals surface area contributed by atoms with Gasteiger partial charge < -0.3 is 20.3 Å². The molecular weight excluding hydrogens is 422 g/mol. The van der Waals surface area contributed by atoms with E-state index in [1.165, 1.54) is 53.3 Å². The summed E-state index contributed by atoms with van der Waals surface area (Å²) in [5, 5.41) is 9.59. The number of hydrogen-bond acceptors (Lipinski definition) is 6. The van der Waals surface area contributed by atoms with Gasteiger partial charge in [0.25, 0.3) is 0 Å². The Balaban J connectivity index is 1.21. The smallest absolute Gasteiger partial charge is 0.227 e. The second-order valence-electron chi connectivity index (χ2n) is 9.72. The minimum absolute atomic E-state index is 0.492. The zero-order valence-electron chi connectivity index (χ0n) is 20.7. The van der Waals surface area contributed by atoms with E-state index in [9.17, 15) is 0 Å². The SMILES string of the molecule is CNc1nc(N(C)C2CCC(NCc3ccc(OC)c4ccccc34)CC2)nc2c1CCCC2. The van der Waals surface area contributed by atoms with Gasteiger partial charge in [0.05, 0.1) is 12.8 Å². The summed E-state index contributed by atoms with van der Waals surface area (Å²) in [6, 6.07) is 13.8. The van der Waals surface area contributed by atoms with Crippen molar-refractivity contribution in [2.75, 3.05) is 31.4 Å². The van der Waals surface area contributed by atoms with E-state index in [1.807, 2.05) is 7.05 Å². The molecule has 0 amide bonds. The molecule has 1 saturated carbocycles. The van der Waals surface area contributed by atoms with Gasteiger partial charge >= 0.3 is 0 Å². The number of rotatable bonds is 7. The summed E-state index contributed by atoms with van der Waals surface area (Å²) in [4.78, 5) is 12.2. The molecule has 1 heterocycles. The number of fused-ring (bicyclic) bond motifs is 2. The molecule has 2 aliphatic rings. The molecule has 6 nitrogen and oxygen atoms in total. The maximum atomic E-state index is 5.55. The van der Waals surface area contributed by atoms with Gasteiger partial charge in [-0.2, -0.15) is 4.98 Å². The van der Waals surface area contributed by atoms with E-state index in [2.05, 4.69) is 59.0 Å². The fraction of sp³-hybridized carbons (Fsp3) is 0.500. The molecule has 0 saturated heterocycles. The first-order valence-electron chi connectivity index (χ1n) is 12.8. The molecule has 6 heteroatoms. The average molecular weight is 460 g/mol. The first-order chi connectivity index (χ1) is 16.7. The van der Waals surface area contributed by atoms with Crippen molar-refractivity contribution in [2.24, 2.45) is 0 Å². The Morgan fingerprint density at radius 3 is 2.50 bits per heavy atom. The Morgan fingerprint density at radius 2 is 1.74 bits per heavy atom. The van der Waals surface area contributed by atoms with E-state index in [4.69, 9.17) is 14.7 Å². The number of benzene rings is 2. The number of nitrogens with one attached hydrogen (secondary N) is 2. The summed E-state index contributed by atoms with van der Waals surface area (Å²) >= 11 is 0. The standard InChI is InChI=1S/C28H37N5O/c1-29-27-24-10-6-7-11-25(24)31-28(32-27)33(2)21-15-13-20(14-16-21)30-18-19-12-17-26(34-3)23-9-5-4-8-22(19)23/h4-5,8-9,12,17,20-21,30H,6-7,10-11,13-16,18H2,1-3H3,(H,29,31,32). The summed E-state index contributed by atoms with van der Waals surface area (Å²) in [5.74, 6) is 2.84. The fourth-order valence-electron chi connectivity index (χ4n) is 5.70. The third-order valence-corrected chi connectivity index (χ3v) is 7.74. The highest BCUT2D eigenvalue weighted by Crippen LogP contribution is 2.31. The lowest BCUT2D eigenvalue weighted by Gasteiger charge is -2.35. The number of hydrogen-bond donors (Lipinski definition) is 2. The summed E-state index contributed by atoms with van der Waals surface area (Å²) in [5.41, 5.74) is 3.90. The molecule has 2 N–H and O–H groups in total. The normalized spacial score (nSPS) is 20.1.